The van der Waals surface area contributed by atoms with Crippen LogP contribution in [0.4, 0.5) is 4.79 Å². The molecule has 3 rings (SSSR count). The quantitative estimate of drug-likeness (QED) is 0.550. The lowest BCUT2D eigenvalue weighted by molar-refractivity contribution is -0.162. The molecule has 12 heteroatoms. The second kappa shape index (κ2) is 8.60. The zero-order valence-electron chi connectivity index (χ0n) is 17.5. The van der Waals surface area contributed by atoms with Crippen molar-refractivity contribution in [2.75, 3.05) is 26.2 Å². The highest BCUT2D eigenvalue weighted by Gasteiger charge is 2.56. The number of carboxylic acids is 1. The third-order valence-electron chi connectivity index (χ3n) is 5.79. The summed E-state index contributed by atoms with van der Waals surface area (Å²) in [4.78, 5) is 28.4. The number of carbonyl (C=O) groups is 2. The van der Waals surface area contributed by atoms with E-state index < -0.39 is 39.4 Å². The Bertz CT molecular complexity index is 942. The molecule has 0 aliphatic carbocycles. The lowest BCUT2D eigenvalue weighted by Crippen LogP contribution is -2.67. The second-order valence-corrected chi connectivity index (χ2v) is 10.2. The highest BCUT2D eigenvalue weighted by atomic mass is 32.2. The summed E-state index contributed by atoms with van der Waals surface area (Å²) < 4.78 is 33.6. The van der Waals surface area contributed by atoms with Crippen LogP contribution in [0.1, 0.15) is 30.7 Å². The fourth-order valence-electron chi connectivity index (χ4n) is 4.21. The van der Waals surface area contributed by atoms with E-state index in [1.807, 2.05) is 26.0 Å². The number of carboxylic acid groups (broad SMARTS) is 1. The molecular weight excluding hydrogens is 428 g/mol. The van der Waals surface area contributed by atoms with Crippen LogP contribution < -0.4 is 10.5 Å². The molecule has 0 bridgehead atoms. The normalized spacial score (nSPS) is 25.9. The van der Waals surface area contributed by atoms with Crippen LogP contribution in [0.2, 0.25) is 0 Å². The minimum absolute atomic E-state index is 0.0465. The number of β-amino-alcohol motifs (C(OH)–C–C–N with tert-alkyl or cyclic N) is 1. The van der Waals surface area contributed by atoms with Crippen molar-refractivity contribution in [2.24, 2.45) is 5.73 Å². The monoisotopic (exact) mass is 456 g/mol. The van der Waals surface area contributed by atoms with Crippen LogP contribution >= 0.6 is 0 Å². The summed E-state index contributed by atoms with van der Waals surface area (Å²) in [5.74, 6) is -1.03. The van der Waals surface area contributed by atoms with Crippen LogP contribution in [0.25, 0.3) is 0 Å². The van der Waals surface area contributed by atoms with Gasteiger partial charge in [0.2, 0.25) is 10.0 Å². The van der Waals surface area contributed by atoms with Gasteiger partial charge in [0.15, 0.2) is 5.60 Å². The van der Waals surface area contributed by atoms with E-state index in [-0.39, 0.29) is 32.2 Å². The standard InChI is InChI=1S/C19H28N4O7S/c1-12-9-15(10-13(2)21-12)30-14-3-7-23(8-4-14)31(28,29)16-5-6-22(18(20)26)11-19(16,27)17(24)25/h9-10,14,16,27H,3-8,11H2,1-2H3,(H2,20,26)(H,24,25). The van der Waals surface area contributed by atoms with Crippen molar-refractivity contribution in [1.29, 1.82) is 0 Å². The van der Waals surface area contributed by atoms with E-state index in [0.29, 0.717) is 18.6 Å². The van der Waals surface area contributed by atoms with Gasteiger partial charge in [-0.05, 0) is 33.1 Å². The van der Waals surface area contributed by atoms with Crippen LogP contribution in [0.5, 0.6) is 5.75 Å². The summed E-state index contributed by atoms with van der Waals surface area (Å²) >= 11 is 0. The lowest BCUT2D eigenvalue weighted by Gasteiger charge is -2.43. The summed E-state index contributed by atoms with van der Waals surface area (Å²) in [6.07, 6.45) is 0.430. The summed E-state index contributed by atoms with van der Waals surface area (Å²) in [5, 5.41) is 18.7. The molecule has 2 atom stereocenters. The Balaban J connectivity index is 1.70. The fourth-order valence-corrected chi connectivity index (χ4v) is 6.36. The van der Waals surface area contributed by atoms with E-state index in [9.17, 15) is 28.2 Å². The summed E-state index contributed by atoms with van der Waals surface area (Å²) in [6.45, 7) is 3.28. The first-order valence-corrected chi connectivity index (χ1v) is 11.5. The number of aromatic nitrogens is 1. The third-order valence-corrected chi connectivity index (χ3v) is 8.22. The average Bonchev–Trinajstić information content (AvgIpc) is 2.67. The van der Waals surface area contributed by atoms with Crippen molar-refractivity contribution >= 4 is 22.0 Å². The zero-order chi connectivity index (χ0) is 23.0. The first kappa shape index (κ1) is 23.2. The van der Waals surface area contributed by atoms with Crippen LogP contribution in [0, 0.1) is 13.8 Å². The van der Waals surface area contributed by atoms with Gasteiger partial charge in [0.05, 0.1) is 6.54 Å². The van der Waals surface area contributed by atoms with Gasteiger partial charge >= 0.3 is 12.0 Å². The van der Waals surface area contributed by atoms with Crippen molar-refractivity contribution in [3.05, 3.63) is 23.5 Å². The maximum atomic E-state index is 13.2. The fraction of sp³-hybridized carbons (Fsp3) is 0.632. The maximum absolute atomic E-state index is 13.2. The number of nitrogens with zero attached hydrogens (tertiary/aromatic N) is 3. The number of pyridine rings is 1. The molecule has 31 heavy (non-hydrogen) atoms. The van der Waals surface area contributed by atoms with E-state index in [2.05, 4.69) is 4.98 Å². The van der Waals surface area contributed by atoms with E-state index in [1.54, 1.807) is 0 Å². The zero-order valence-corrected chi connectivity index (χ0v) is 18.3. The molecule has 0 radical (unpaired) electrons. The second-order valence-electron chi connectivity index (χ2n) is 8.11. The smallest absolute Gasteiger partial charge is 0.339 e. The summed E-state index contributed by atoms with van der Waals surface area (Å²) in [7, 11) is -4.14. The molecule has 172 valence electrons. The predicted molar refractivity (Wildman–Crippen MR) is 110 cm³/mol. The first-order chi connectivity index (χ1) is 14.4. The molecule has 2 saturated heterocycles. The number of sulfonamides is 1. The molecule has 0 saturated carbocycles. The molecule has 2 aliphatic rings. The molecule has 1 aromatic rings. The summed E-state index contributed by atoms with van der Waals surface area (Å²) in [6, 6.07) is 2.72. The van der Waals surface area contributed by atoms with Gasteiger partial charge in [-0.25, -0.2) is 22.3 Å². The Morgan fingerprint density at radius 2 is 1.74 bits per heavy atom. The van der Waals surface area contributed by atoms with Gasteiger partial charge in [-0.3, -0.25) is 4.98 Å². The molecule has 2 amide bonds. The number of amides is 2. The van der Waals surface area contributed by atoms with E-state index in [4.69, 9.17) is 10.5 Å². The minimum atomic E-state index is -4.14. The van der Waals surface area contributed by atoms with Crippen LogP contribution in [-0.4, -0.2) is 88.0 Å². The van der Waals surface area contributed by atoms with Crippen molar-refractivity contribution in [3.63, 3.8) is 0 Å². The maximum Gasteiger partial charge on any atom is 0.339 e. The van der Waals surface area contributed by atoms with Gasteiger partial charge in [0, 0.05) is 43.2 Å². The largest absolute Gasteiger partial charge is 0.490 e. The molecule has 2 unspecified atom stereocenters. The topological polar surface area (TPSA) is 163 Å². The van der Waals surface area contributed by atoms with Gasteiger partial charge in [-0.1, -0.05) is 0 Å². The number of primary amides is 1. The first-order valence-electron chi connectivity index (χ1n) is 10.0. The molecule has 2 fully saturated rings. The molecule has 2 aliphatic heterocycles. The molecule has 1 aromatic heterocycles. The molecular formula is C19H28N4O7S. The number of rotatable bonds is 5. The van der Waals surface area contributed by atoms with Crippen LogP contribution in [0.3, 0.4) is 0 Å². The third kappa shape index (κ3) is 4.75. The Kier molecular flexibility index (Phi) is 6.44. The number of nitrogens with two attached hydrogens (primary N) is 1. The molecule has 4 N–H and O–H groups in total. The number of aryl methyl sites for hydroxylation is 2. The predicted octanol–water partition coefficient (Wildman–Crippen LogP) is -0.160. The number of aliphatic carboxylic acids is 1. The number of ether oxygens (including phenoxy) is 1. The number of likely N-dealkylation sites (tertiary alicyclic amines) is 1. The number of aliphatic hydroxyl groups is 1. The van der Waals surface area contributed by atoms with Gasteiger partial charge in [0.1, 0.15) is 17.1 Å². The minimum Gasteiger partial charge on any atom is -0.490 e. The number of hydrogen-bond acceptors (Lipinski definition) is 7. The SMILES string of the molecule is Cc1cc(OC2CCN(S(=O)(=O)C3CCN(C(N)=O)CC3(O)C(=O)O)CC2)cc(C)n1. The summed E-state index contributed by atoms with van der Waals surface area (Å²) in [5.41, 5.74) is 4.20. The van der Waals surface area contributed by atoms with Crippen molar-refractivity contribution in [3.8, 4) is 5.75 Å². The van der Waals surface area contributed by atoms with Crippen LogP contribution in [-0.2, 0) is 14.8 Å². The van der Waals surface area contributed by atoms with Gasteiger partial charge in [0.25, 0.3) is 0 Å². The van der Waals surface area contributed by atoms with E-state index in [0.717, 1.165) is 16.3 Å². The number of urea groups is 1. The van der Waals surface area contributed by atoms with Crippen molar-refractivity contribution < 1.29 is 33.0 Å². The average molecular weight is 457 g/mol. The lowest BCUT2D eigenvalue weighted by atomic mass is 9.92. The van der Waals surface area contributed by atoms with Crippen molar-refractivity contribution in [2.45, 2.75) is 50.1 Å². The van der Waals surface area contributed by atoms with Gasteiger partial charge in [-0.15, -0.1) is 0 Å². The number of carbonyl (C=O) groups excluding carboxylic acids is 1. The number of piperidine rings is 2. The Labute approximate surface area is 180 Å². The van der Waals surface area contributed by atoms with Crippen molar-refractivity contribution in [1.82, 2.24) is 14.2 Å². The Morgan fingerprint density at radius 1 is 1.16 bits per heavy atom. The van der Waals surface area contributed by atoms with E-state index >= 15 is 0 Å². The highest BCUT2D eigenvalue weighted by Crippen LogP contribution is 2.32. The highest BCUT2D eigenvalue weighted by molar-refractivity contribution is 7.89. The molecule has 3 heterocycles. The molecule has 0 spiro atoms. The van der Waals surface area contributed by atoms with Gasteiger partial charge in [-0.2, -0.15) is 0 Å². The molecule has 11 nitrogen and oxygen atoms in total. The van der Waals surface area contributed by atoms with Crippen LogP contribution in [0.15, 0.2) is 12.1 Å². The van der Waals surface area contributed by atoms with Gasteiger partial charge < -0.3 is 25.6 Å². The molecule has 0 aromatic carbocycles. The number of hydrogen-bond donors (Lipinski definition) is 3. The Hall–Kier alpha value is -2.44. The Morgan fingerprint density at radius 3 is 2.26 bits per heavy atom. The van der Waals surface area contributed by atoms with E-state index in [1.165, 1.54) is 4.31 Å².